The number of rotatable bonds is 8. The summed E-state index contributed by atoms with van der Waals surface area (Å²) in [7, 11) is 0. The van der Waals surface area contributed by atoms with Crippen molar-refractivity contribution in [3.63, 3.8) is 0 Å². The maximum Gasteiger partial charge on any atom is 0.251 e. The van der Waals surface area contributed by atoms with Crippen LogP contribution in [0.5, 0.6) is 0 Å². The average molecular weight is 397 g/mol. The highest BCUT2D eigenvalue weighted by atomic mass is 32.2. The summed E-state index contributed by atoms with van der Waals surface area (Å²) in [6, 6.07) is 16.7. The summed E-state index contributed by atoms with van der Waals surface area (Å²) < 4.78 is 0. The zero-order chi connectivity index (χ0) is 19.8. The monoisotopic (exact) mass is 396 g/mol. The molecule has 1 amide bonds. The largest absolute Gasteiger partial charge is 0.351 e. The number of nitrogens with zero attached hydrogens (tertiary/aromatic N) is 1. The van der Waals surface area contributed by atoms with E-state index in [2.05, 4.69) is 60.5 Å². The highest BCUT2D eigenvalue weighted by molar-refractivity contribution is 7.98. The molecule has 0 aliphatic carbocycles. The topological polar surface area (TPSA) is 32.3 Å². The molecule has 0 bridgehead atoms. The van der Waals surface area contributed by atoms with Crippen molar-refractivity contribution in [2.45, 2.75) is 39.0 Å². The van der Waals surface area contributed by atoms with Crippen molar-refractivity contribution in [3.8, 4) is 0 Å². The van der Waals surface area contributed by atoms with Crippen molar-refractivity contribution in [2.24, 2.45) is 5.92 Å². The van der Waals surface area contributed by atoms with Gasteiger partial charge in [-0.05, 0) is 55.5 Å². The van der Waals surface area contributed by atoms with Gasteiger partial charge in [-0.15, -0.1) is 0 Å². The number of benzene rings is 2. The van der Waals surface area contributed by atoms with Gasteiger partial charge in [-0.3, -0.25) is 9.69 Å². The van der Waals surface area contributed by atoms with E-state index in [1.54, 1.807) is 0 Å². The molecule has 1 atom stereocenters. The van der Waals surface area contributed by atoms with Crippen LogP contribution in [0.15, 0.2) is 48.5 Å². The number of aryl methyl sites for hydroxylation is 1. The summed E-state index contributed by atoms with van der Waals surface area (Å²) in [5, 5.41) is 3.03. The molecule has 1 heterocycles. The van der Waals surface area contributed by atoms with Gasteiger partial charge in [-0.25, -0.2) is 0 Å². The number of hydrogen-bond donors (Lipinski definition) is 1. The van der Waals surface area contributed by atoms with Gasteiger partial charge in [0.2, 0.25) is 0 Å². The van der Waals surface area contributed by atoms with Crippen LogP contribution in [0.25, 0.3) is 0 Å². The molecule has 0 aromatic heterocycles. The van der Waals surface area contributed by atoms with Crippen LogP contribution in [0.1, 0.15) is 46.8 Å². The second kappa shape index (κ2) is 10.7. The third-order valence-electron chi connectivity index (χ3n) is 5.25. The first-order chi connectivity index (χ1) is 13.6. The molecule has 0 spiro atoms. The van der Waals surface area contributed by atoms with Crippen LogP contribution in [-0.4, -0.2) is 36.2 Å². The first-order valence-electron chi connectivity index (χ1n) is 10.3. The van der Waals surface area contributed by atoms with Gasteiger partial charge in [0, 0.05) is 36.7 Å². The molecule has 4 heteroatoms. The number of carbonyl (C=O) groups is 1. The van der Waals surface area contributed by atoms with Crippen LogP contribution >= 0.6 is 11.8 Å². The lowest BCUT2D eigenvalue weighted by Crippen LogP contribution is -2.33. The fourth-order valence-electron chi connectivity index (χ4n) is 3.78. The number of hydrogen-bond acceptors (Lipinski definition) is 3. The zero-order valence-corrected chi connectivity index (χ0v) is 17.9. The van der Waals surface area contributed by atoms with Crippen LogP contribution in [-0.2, 0) is 12.3 Å². The fraction of sp³-hybridized carbons (Fsp3) is 0.458. The minimum atomic E-state index is 0.0225. The molecule has 1 saturated heterocycles. The van der Waals surface area contributed by atoms with Gasteiger partial charge in [0.05, 0.1) is 0 Å². The molecule has 150 valence electrons. The molecular weight excluding hydrogens is 364 g/mol. The molecule has 3 rings (SSSR count). The Labute approximate surface area is 173 Å². The predicted molar refractivity (Wildman–Crippen MR) is 120 cm³/mol. The van der Waals surface area contributed by atoms with E-state index in [4.69, 9.17) is 0 Å². The molecule has 2 aromatic rings. The van der Waals surface area contributed by atoms with Gasteiger partial charge in [-0.2, -0.15) is 11.8 Å². The van der Waals surface area contributed by atoms with Crippen molar-refractivity contribution < 1.29 is 4.79 Å². The van der Waals surface area contributed by atoms with E-state index < -0.39 is 0 Å². The molecule has 1 N–H and O–H groups in total. The molecule has 0 radical (unpaired) electrons. The van der Waals surface area contributed by atoms with Gasteiger partial charge >= 0.3 is 0 Å². The normalized spacial score (nSPS) is 17.4. The van der Waals surface area contributed by atoms with Crippen molar-refractivity contribution >= 4 is 17.7 Å². The summed E-state index contributed by atoms with van der Waals surface area (Å²) in [5.74, 6) is 2.73. The molecule has 28 heavy (non-hydrogen) atoms. The Morgan fingerprint density at radius 2 is 2.00 bits per heavy atom. The van der Waals surface area contributed by atoms with Crippen molar-refractivity contribution in [2.75, 3.05) is 25.4 Å². The van der Waals surface area contributed by atoms with Crippen LogP contribution in [0.2, 0.25) is 0 Å². The zero-order valence-electron chi connectivity index (χ0n) is 17.1. The highest BCUT2D eigenvalue weighted by Gasteiger charge is 2.16. The maximum atomic E-state index is 12.3. The Morgan fingerprint density at radius 3 is 2.75 bits per heavy atom. The standard InChI is InChI=1S/C24H32N2OS/c1-19-5-3-7-22(15-19)18-28-14-12-25-24(27)23-10-8-21(9-11-23)17-26-13-4-6-20(2)16-26/h3,5,7-11,15,20H,4,6,12-14,16-18H2,1-2H3,(H,25,27). The van der Waals surface area contributed by atoms with Crippen molar-refractivity contribution in [1.29, 1.82) is 0 Å². The summed E-state index contributed by atoms with van der Waals surface area (Å²) in [4.78, 5) is 14.9. The van der Waals surface area contributed by atoms with E-state index >= 15 is 0 Å². The Bertz CT molecular complexity index is 759. The molecule has 1 unspecified atom stereocenters. The molecule has 2 aromatic carbocycles. The third kappa shape index (κ3) is 6.68. The number of piperidine rings is 1. The Hall–Kier alpha value is -1.78. The van der Waals surface area contributed by atoms with Gasteiger partial charge in [0.25, 0.3) is 5.91 Å². The van der Waals surface area contributed by atoms with E-state index in [0.29, 0.717) is 6.54 Å². The number of thioether (sulfide) groups is 1. The molecular formula is C24H32N2OS. The van der Waals surface area contributed by atoms with Crippen LogP contribution in [0.4, 0.5) is 0 Å². The van der Waals surface area contributed by atoms with E-state index in [1.165, 1.54) is 42.6 Å². The first kappa shape index (κ1) is 20.9. The quantitative estimate of drug-likeness (QED) is 0.645. The number of amides is 1. The Kier molecular flexibility index (Phi) is 7.99. The summed E-state index contributed by atoms with van der Waals surface area (Å²) in [6.07, 6.45) is 2.64. The summed E-state index contributed by atoms with van der Waals surface area (Å²) >= 11 is 1.85. The lowest BCUT2D eigenvalue weighted by molar-refractivity contribution is 0.0956. The van der Waals surface area contributed by atoms with Gasteiger partial charge in [0.1, 0.15) is 0 Å². The van der Waals surface area contributed by atoms with Crippen LogP contribution in [0.3, 0.4) is 0 Å². The number of likely N-dealkylation sites (tertiary alicyclic amines) is 1. The smallest absolute Gasteiger partial charge is 0.251 e. The lowest BCUT2D eigenvalue weighted by atomic mass is 9.99. The Balaban J connectivity index is 1.37. The summed E-state index contributed by atoms with van der Waals surface area (Å²) in [6.45, 7) is 8.51. The van der Waals surface area contributed by atoms with Gasteiger partial charge < -0.3 is 5.32 Å². The van der Waals surface area contributed by atoms with E-state index in [1.807, 2.05) is 23.9 Å². The van der Waals surface area contributed by atoms with Crippen molar-refractivity contribution in [1.82, 2.24) is 10.2 Å². The lowest BCUT2D eigenvalue weighted by Gasteiger charge is -2.30. The second-order valence-corrected chi connectivity index (χ2v) is 9.08. The Morgan fingerprint density at radius 1 is 1.18 bits per heavy atom. The third-order valence-corrected chi connectivity index (χ3v) is 6.28. The fourth-order valence-corrected chi connectivity index (χ4v) is 4.59. The summed E-state index contributed by atoms with van der Waals surface area (Å²) in [5.41, 5.74) is 4.68. The maximum absolute atomic E-state index is 12.3. The number of nitrogens with one attached hydrogen (secondary N) is 1. The number of carbonyl (C=O) groups excluding carboxylic acids is 1. The SMILES string of the molecule is Cc1cccc(CSCCNC(=O)c2ccc(CN3CCCC(C)C3)cc2)c1. The van der Waals surface area contributed by atoms with Crippen molar-refractivity contribution in [3.05, 3.63) is 70.8 Å². The van der Waals surface area contributed by atoms with E-state index in [0.717, 1.165) is 29.5 Å². The highest BCUT2D eigenvalue weighted by Crippen LogP contribution is 2.18. The molecule has 1 fully saturated rings. The minimum Gasteiger partial charge on any atom is -0.351 e. The van der Waals surface area contributed by atoms with Gasteiger partial charge in [-0.1, -0.05) is 48.9 Å². The van der Waals surface area contributed by atoms with Gasteiger partial charge in [0.15, 0.2) is 0 Å². The van der Waals surface area contributed by atoms with E-state index in [-0.39, 0.29) is 5.91 Å². The van der Waals surface area contributed by atoms with Crippen LogP contribution < -0.4 is 5.32 Å². The minimum absolute atomic E-state index is 0.0225. The molecule has 3 nitrogen and oxygen atoms in total. The first-order valence-corrected chi connectivity index (χ1v) is 11.5. The van der Waals surface area contributed by atoms with Crippen LogP contribution in [0, 0.1) is 12.8 Å². The molecule has 1 aliphatic heterocycles. The molecule has 1 aliphatic rings. The predicted octanol–water partition coefficient (Wildman–Crippen LogP) is 4.89. The molecule has 0 saturated carbocycles. The van der Waals surface area contributed by atoms with E-state index in [9.17, 15) is 4.79 Å². The average Bonchev–Trinajstić information content (AvgIpc) is 2.68. The second-order valence-electron chi connectivity index (χ2n) is 7.98.